The molecule has 0 unspecified atom stereocenters. The summed E-state index contributed by atoms with van der Waals surface area (Å²) in [4.78, 5) is 0. The molecule has 1 heterocycles. The summed E-state index contributed by atoms with van der Waals surface area (Å²) in [5.74, 6) is 0. The number of hydrogen-bond acceptors (Lipinski definition) is 2. The van der Waals surface area contributed by atoms with Gasteiger partial charge in [0, 0.05) is 5.56 Å². The summed E-state index contributed by atoms with van der Waals surface area (Å²) in [6, 6.07) is 10.4. The van der Waals surface area contributed by atoms with Gasteiger partial charge in [-0.3, -0.25) is 0 Å². The largest absolute Gasteiger partial charge is 0.349 e. The van der Waals surface area contributed by atoms with E-state index < -0.39 is 13.5 Å². The van der Waals surface area contributed by atoms with Gasteiger partial charge in [0.1, 0.15) is 8.07 Å². The van der Waals surface area contributed by atoms with Crippen LogP contribution in [0.2, 0.25) is 19.6 Å². The van der Waals surface area contributed by atoms with Gasteiger partial charge in [0.25, 0.3) is 0 Å². The molecule has 1 saturated heterocycles. The smallest absolute Gasteiger partial charge is 0.175 e. The van der Waals surface area contributed by atoms with E-state index in [9.17, 15) is 0 Å². The van der Waals surface area contributed by atoms with Gasteiger partial charge in [0.15, 0.2) is 5.41 Å². The minimum atomic E-state index is -1.59. The van der Waals surface area contributed by atoms with Crippen molar-refractivity contribution in [1.82, 2.24) is 0 Å². The molecule has 0 N–H and O–H groups in total. The molecule has 1 aromatic carbocycles. The van der Waals surface area contributed by atoms with Crippen LogP contribution < -0.4 is 0 Å². The van der Waals surface area contributed by atoms with Crippen molar-refractivity contribution in [3.63, 3.8) is 0 Å². The molecule has 0 bridgehead atoms. The Labute approximate surface area is 98.6 Å². The number of rotatable bonds is 2. The highest BCUT2D eigenvalue weighted by Gasteiger charge is 2.48. The zero-order chi connectivity index (χ0) is 11.6. The molecule has 0 saturated carbocycles. The van der Waals surface area contributed by atoms with E-state index in [2.05, 4.69) is 43.9 Å². The second kappa shape index (κ2) is 4.32. The molecule has 0 aromatic heterocycles. The van der Waals surface area contributed by atoms with E-state index in [1.807, 2.05) is 6.07 Å². The monoisotopic (exact) mass is 236 g/mol. The van der Waals surface area contributed by atoms with Crippen molar-refractivity contribution in [1.29, 1.82) is 0 Å². The molecule has 1 aliphatic heterocycles. The van der Waals surface area contributed by atoms with Gasteiger partial charge in [-0.15, -0.1) is 0 Å². The first kappa shape index (κ1) is 11.8. The first-order valence-corrected chi connectivity index (χ1v) is 9.40. The Morgan fingerprint density at radius 2 is 1.56 bits per heavy atom. The van der Waals surface area contributed by atoms with E-state index in [4.69, 9.17) is 9.47 Å². The van der Waals surface area contributed by atoms with Gasteiger partial charge in [-0.1, -0.05) is 50.0 Å². The molecule has 88 valence electrons. The normalized spacial score (nSPS) is 20.7. The van der Waals surface area contributed by atoms with Gasteiger partial charge >= 0.3 is 0 Å². The van der Waals surface area contributed by atoms with E-state index in [0.29, 0.717) is 0 Å². The molecule has 1 aromatic rings. The molecule has 0 atom stereocenters. The third-order valence-corrected chi connectivity index (χ3v) is 5.59. The molecule has 1 aliphatic rings. The van der Waals surface area contributed by atoms with E-state index in [1.54, 1.807) is 0 Å². The highest BCUT2D eigenvalue weighted by molar-refractivity contribution is 6.78. The number of ether oxygens (including phenoxy) is 2. The molecule has 0 amide bonds. The first-order chi connectivity index (χ1) is 7.56. The van der Waals surface area contributed by atoms with Crippen molar-refractivity contribution in [3.8, 4) is 0 Å². The van der Waals surface area contributed by atoms with E-state index in [0.717, 1.165) is 19.6 Å². The van der Waals surface area contributed by atoms with Crippen LogP contribution in [0.4, 0.5) is 0 Å². The Hall–Kier alpha value is -0.643. The fourth-order valence-electron chi connectivity index (χ4n) is 2.22. The summed E-state index contributed by atoms with van der Waals surface area (Å²) in [5, 5.41) is 0. The first-order valence-electron chi connectivity index (χ1n) is 5.90. The van der Waals surface area contributed by atoms with E-state index in [-0.39, 0.29) is 0 Å². The Morgan fingerprint density at radius 1 is 1.00 bits per heavy atom. The quantitative estimate of drug-likeness (QED) is 0.734. The lowest BCUT2D eigenvalue weighted by atomic mass is 10.2. The predicted octanol–water partition coefficient (Wildman–Crippen LogP) is 3.15. The molecule has 1 fully saturated rings. The summed E-state index contributed by atoms with van der Waals surface area (Å²) in [6.07, 6.45) is 0.999. The lowest BCUT2D eigenvalue weighted by Gasteiger charge is -2.45. The summed E-state index contributed by atoms with van der Waals surface area (Å²) in [6.45, 7) is 8.50. The van der Waals surface area contributed by atoms with Crippen LogP contribution in [0.3, 0.4) is 0 Å². The summed E-state index contributed by atoms with van der Waals surface area (Å²) in [7, 11) is -1.59. The summed E-state index contributed by atoms with van der Waals surface area (Å²) < 4.78 is 12.1. The molecular weight excluding hydrogens is 216 g/mol. The van der Waals surface area contributed by atoms with Crippen LogP contribution in [0, 0.1) is 0 Å². The van der Waals surface area contributed by atoms with Gasteiger partial charge in [-0.05, 0) is 6.42 Å². The zero-order valence-electron chi connectivity index (χ0n) is 10.3. The van der Waals surface area contributed by atoms with Gasteiger partial charge in [-0.2, -0.15) is 0 Å². The molecule has 0 spiro atoms. The molecule has 3 heteroatoms. The van der Waals surface area contributed by atoms with Gasteiger partial charge < -0.3 is 9.47 Å². The second-order valence-electron chi connectivity index (χ2n) is 5.28. The van der Waals surface area contributed by atoms with E-state index >= 15 is 0 Å². The Bertz CT molecular complexity index is 337. The fourth-order valence-corrected chi connectivity index (χ4v) is 4.33. The van der Waals surface area contributed by atoms with Gasteiger partial charge in [-0.25, -0.2) is 0 Å². The predicted molar refractivity (Wildman–Crippen MR) is 68.0 cm³/mol. The Kier molecular flexibility index (Phi) is 3.19. The molecule has 0 radical (unpaired) electrons. The lowest BCUT2D eigenvalue weighted by molar-refractivity contribution is -0.227. The van der Waals surface area contributed by atoms with Crippen LogP contribution in [0.15, 0.2) is 30.3 Å². The maximum atomic E-state index is 6.06. The average molecular weight is 236 g/mol. The van der Waals surface area contributed by atoms with E-state index in [1.165, 1.54) is 5.56 Å². The van der Waals surface area contributed by atoms with Crippen molar-refractivity contribution < 1.29 is 9.47 Å². The molecule has 2 nitrogen and oxygen atoms in total. The minimum absolute atomic E-state index is 0.452. The van der Waals surface area contributed by atoms with Crippen LogP contribution in [-0.4, -0.2) is 21.3 Å². The standard InChI is InChI=1S/C13H20O2Si/c1-16(2,3)13(14-10-7-11-15-13)12-8-5-4-6-9-12/h4-6,8-9H,7,10-11H2,1-3H3. The van der Waals surface area contributed by atoms with Crippen molar-refractivity contribution >= 4 is 8.07 Å². The topological polar surface area (TPSA) is 18.5 Å². The van der Waals surface area contributed by atoms with Gasteiger partial charge in [0.2, 0.25) is 0 Å². The third kappa shape index (κ3) is 1.95. The third-order valence-electron chi connectivity index (χ3n) is 3.04. The van der Waals surface area contributed by atoms with Crippen molar-refractivity contribution in [2.45, 2.75) is 31.5 Å². The maximum absolute atomic E-state index is 6.06. The van der Waals surface area contributed by atoms with Crippen molar-refractivity contribution in [2.24, 2.45) is 0 Å². The minimum Gasteiger partial charge on any atom is -0.349 e. The van der Waals surface area contributed by atoms with Crippen LogP contribution >= 0.6 is 0 Å². The second-order valence-corrected chi connectivity index (χ2v) is 10.4. The molecule has 2 rings (SSSR count). The van der Waals surface area contributed by atoms with Crippen molar-refractivity contribution in [3.05, 3.63) is 35.9 Å². The highest BCUT2D eigenvalue weighted by Crippen LogP contribution is 2.39. The lowest BCUT2D eigenvalue weighted by Crippen LogP contribution is -2.55. The summed E-state index contributed by atoms with van der Waals surface area (Å²) >= 11 is 0. The average Bonchev–Trinajstić information content (AvgIpc) is 2.30. The van der Waals surface area contributed by atoms with Crippen LogP contribution in [0.25, 0.3) is 0 Å². The SMILES string of the molecule is C[Si](C)(C)C1(c2ccccc2)OCCCO1. The molecular formula is C13H20O2Si. The Morgan fingerprint density at radius 3 is 2.06 bits per heavy atom. The van der Waals surface area contributed by atoms with Crippen molar-refractivity contribution in [2.75, 3.05) is 13.2 Å². The molecule has 16 heavy (non-hydrogen) atoms. The van der Waals surface area contributed by atoms with Crippen LogP contribution in [0.1, 0.15) is 12.0 Å². The number of hydrogen-bond donors (Lipinski definition) is 0. The fraction of sp³-hybridized carbons (Fsp3) is 0.538. The van der Waals surface area contributed by atoms with Crippen LogP contribution in [0.5, 0.6) is 0 Å². The molecule has 0 aliphatic carbocycles. The van der Waals surface area contributed by atoms with Gasteiger partial charge in [0.05, 0.1) is 13.2 Å². The Balaban J connectivity index is 2.42. The highest BCUT2D eigenvalue weighted by atomic mass is 28.3. The zero-order valence-corrected chi connectivity index (χ0v) is 11.3. The maximum Gasteiger partial charge on any atom is 0.175 e. The van der Waals surface area contributed by atoms with Crippen LogP contribution in [-0.2, 0) is 14.9 Å². The summed E-state index contributed by atoms with van der Waals surface area (Å²) in [5.41, 5.74) is 0.723. The number of benzene rings is 1.